The Hall–Kier alpha value is -2.59. The molecule has 2 heterocycles. The maximum absolute atomic E-state index is 14.0. The third kappa shape index (κ3) is 11.4. The van der Waals surface area contributed by atoms with E-state index in [1.165, 1.54) is 16.4 Å². The lowest BCUT2D eigenvalue weighted by atomic mass is 10.0. The quantitative estimate of drug-likeness (QED) is 0.157. The molecule has 0 bridgehead atoms. The highest BCUT2D eigenvalue weighted by Crippen LogP contribution is 2.47. The average Bonchev–Trinajstić information content (AvgIpc) is 3.72. The number of carbonyl (C=O) groups excluding carboxylic acids is 1. The molecule has 0 aromatic heterocycles. The van der Waals surface area contributed by atoms with Crippen molar-refractivity contribution < 1.29 is 56.0 Å². The van der Waals surface area contributed by atoms with Gasteiger partial charge in [0.1, 0.15) is 11.9 Å². The first-order chi connectivity index (χ1) is 24.3. The van der Waals surface area contributed by atoms with Crippen LogP contribution in [0.4, 0.5) is 4.79 Å². The van der Waals surface area contributed by atoms with Gasteiger partial charge in [-0.25, -0.2) is 13.2 Å². The summed E-state index contributed by atoms with van der Waals surface area (Å²) in [7, 11) is -7.52. The van der Waals surface area contributed by atoms with Crippen LogP contribution in [0.2, 0.25) is 0 Å². The Balaban J connectivity index is 1.54. The first-order valence-corrected chi connectivity index (χ1v) is 20.7. The van der Waals surface area contributed by atoms with Crippen LogP contribution in [-0.2, 0) is 44.3 Å². The van der Waals surface area contributed by atoms with Crippen molar-refractivity contribution in [3.05, 3.63) is 59.7 Å². The van der Waals surface area contributed by atoms with Gasteiger partial charge in [-0.05, 0) is 74.9 Å². The fourth-order valence-electron chi connectivity index (χ4n) is 5.94. The van der Waals surface area contributed by atoms with E-state index >= 15 is 0 Å². The summed E-state index contributed by atoms with van der Waals surface area (Å²) in [4.78, 5) is 13.3. The molecule has 7 atom stereocenters. The van der Waals surface area contributed by atoms with Crippen LogP contribution in [0.3, 0.4) is 0 Å². The molecule has 2 saturated heterocycles. The minimum absolute atomic E-state index is 0.0229. The summed E-state index contributed by atoms with van der Waals surface area (Å²) in [5.41, 5.74) is 1.27. The highest BCUT2D eigenvalue weighted by atomic mass is 32.2. The molecule has 3 N–H and O–H groups in total. The van der Waals surface area contributed by atoms with E-state index in [0.717, 1.165) is 0 Å². The van der Waals surface area contributed by atoms with Crippen LogP contribution in [0, 0.1) is 11.8 Å². The smallest absolute Gasteiger partial charge is 0.407 e. The van der Waals surface area contributed by atoms with Crippen molar-refractivity contribution in [3.63, 3.8) is 0 Å². The highest BCUT2D eigenvalue weighted by Gasteiger charge is 2.44. The lowest BCUT2D eigenvalue weighted by Crippen LogP contribution is -2.51. The maximum atomic E-state index is 14.0. The standard InChI is InChI=1S/C35H53N2O12PS/c1-6-24(4)20-37(51(42,43)29-15-11-27(12-16-29)25(5)38)21-32(39)31(36-35(40)49-33-22-45-34-30(33)17-18-44-34)19-26-9-13-28(14-10-26)46-23-50(41,47-7-2)48-8-3/h9-16,24-25,30-34,38-39H,6-8,17-23H2,1-5H3,(H,36,40)/t24-,25-,30-,31-,32+,33-,34+/m0/s1. The second-order valence-electron chi connectivity index (χ2n) is 12.9. The average molecular weight is 757 g/mol. The topological polar surface area (TPSA) is 179 Å². The number of carbonyl (C=O) groups is 1. The van der Waals surface area contributed by atoms with E-state index in [4.69, 9.17) is 28.0 Å². The largest absolute Gasteiger partial charge is 0.481 e. The summed E-state index contributed by atoms with van der Waals surface area (Å²) in [5.74, 6) is 0.283. The zero-order valence-electron chi connectivity index (χ0n) is 30.0. The lowest BCUT2D eigenvalue weighted by molar-refractivity contribution is -0.0907. The van der Waals surface area contributed by atoms with Gasteiger partial charge in [0, 0.05) is 13.1 Å². The number of amides is 1. The van der Waals surface area contributed by atoms with Gasteiger partial charge >= 0.3 is 13.7 Å². The molecule has 16 heteroatoms. The van der Waals surface area contributed by atoms with Crippen molar-refractivity contribution in [2.45, 2.75) is 89.4 Å². The van der Waals surface area contributed by atoms with E-state index in [2.05, 4.69) is 5.32 Å². The van der Waals surface area contributed by atoms with Crippen LogP contribution in [-0.4, -0.2) is 99.4 Å². The SMILES string of the molecule is CCOP(=O)(COc1ccc(C[C@H](NC(=O)O[C@H]2CO[C@H]3OCC[C@H]32)[C@H](O)CN(C[C@@H](C)CC)S(=O)(=O)c2ccc([C@H](C)O)cc2)cc1)OCC. The molecule has 2 aromatic rings. The van der Waals surface area contributed by atoms with E-state index in [9.17, 15) is 28.0 Å². The molecule has 0 radical (unpaired) electrons. The second-order valence-corrected chi connectivity index (χ2v) is 16.9. The molecule has 51 heavy (non-hydrogen) atoms. The Morgan fingerprint density at radius 1 is 1.00 bits per heavy atom. The zero-order chi connectivity index (χ0) is 37.2. The Bertz CT molecular complexity index is 1530. The predicted molar refractivity (Wildman–Crippen MR) is 189 cm³/mol. The van der Waals surface area contributed by atoms with Gasteiger partial charge in [0.15, 0.2) is 12.6 Å². The van der Waals surface area contributed by atoms with E-state index in [1.54, 1.807) is 57.2 Å². The number of hydrogen-bond acceptors (Lipinski definition) is 12. The van der Waals surface area contributed by atoms with Crippen LogP contribution >= 0.6 is 7.60 Å². The summed E-state index contributed by atoms with van der Waals surface area (Å²) < 4.78 is 75.1. The van der Waals surface area contributed by atoms with Gasteiger partial charge < -0.3 is 43.5 Å². The fourth-order valence-corrected chi connectivity index (χ4v) is 8.83. The predicted octanol–water partition coefficient (Wildman–Crippen LogP) is 4.84. The first-order valence-electron chi connectivity index (χ1n) is 17.5. The molecule has 2 aliphatic rings. The van der Waals surface area contributed by atoms with Gasteiger partial charge in [0.05, 0.1) is 55.5 Å². The first kappa shape index (κ1) is 41.2. The number of sulfonamides is 1. The van der Waals surface area contributed by atoms with E-state index in [0.29, 0.717) is 36.3 Å². The number of rotatable bonds is 20. The van der Waals surface area contributed by atoms with E-state index in [1.807, 2.05) is 13.8 Å². The molecular weight excluding hydrogens is 703 g/mol. The Morgan fingerprint density at radius 3 is 2.27 bits per heavy atom. The Kier molecular flexibility index (Phi) is 15.3. The monoisotopic (exact) mass is 756 g/mol. The third-order valence-corrected chi connectivity index (χ3v) is 12.6. The van der Waals surface area contributed by atoms with Crippen molar-refractivity contribution >= 4 is 23.7 Å². The molecular formula is C35H53N2O12PS. The second kappa shape index (κ2) is 18.9. The van der Waals surface area contributed by atoms with Crippen molar-refractivity contribution in [3.8, 4) is 5.75 Å². The molecule has 0 saturated carbocycles. The molecule has 14 nitrogen and oxygen atoms in total. The summed E-state index contributed by atoms with van der Waals surface area (Å²) in [6.45, 7) is 9.82. The van der Waals surface area contributed by atoms with Crippen LogP contribution in [0.15, 0.2) is 53.4 Å². The van der Waals surface area contributed by atoms with Crippen LogP contribution in [0.5, 0.6) is 5.75 Å². The molecule has 2 fully saturated rings. The van der Waals surface area contributed by atoms with Crippen LogP contribution < -0.4 is 10.1 Å². The van der Waals surface area contributed by atoms with Crippen molar-refractivity contribution in [2.24, 2.45) is 11.8 Å². The molecule has 286 valence electrons. The molecule has 1 amide bonds. The lowest BCUT2D eigenvalue weighted by Gasteiger charge is -2.31. The van der Waals surface area contributed by atoms with Gasteiger partial charge in [0.2, 0.25) is 10.0 Å². The number of benzene rings is 2. The highest BCUT2D eigenvalue weighted by molar-refractivity contribution is 7.89. The molecule has 0 spiro atoms. The normalized spacial score (nSPS) is 21.5. The van der Waals surface area contributed by atoms with Crippen molar-refractivity contribution in [1.82, 2.24) is 9.62 Å². The number of ether oxygens (including phenoxy) is 4. The number of fused-ring (bicyclic) bond motifs is 1. The molecule has 4 rings (SSSR count). The number of aliphatic hydroxyl groups excluding tert-OH is 2. The molecule has 2 aliphatic heterocycles. The van der Waals surface area contributed by atoms with Gasteiger partial charge in [-0.2, -0.15) is 4.31 Å². The van der Waals surface area contributed by atoms with Gasteiger partial charge in [0.25, 0.3) is 0 Å². The van der Waals surface area contributed by atoms with Gasteiger partial charge in [-0.15, -0.1) is 0 Å². The third-order valence-electron chi connectivity index (χ3n) is 9.03. The summed E-state index contributed by atoms with van der Waals surface area (Å²) >= 11 is 0. The Labute approximate surface area is 301 Å². The van der Waals surface area contributed by atoms with Crippen LogP contribution in [0.25, 0.3) is 0 Å². The number of nitrogens with one attached hydrogen (secondary N) is 1. The number of nitrogens with zero attached hydrogens (tertiary/aromatic N) is 1. The van der Waals surface area contributed by atoms with Gasteiger partial charge in [-0.1, -0.05) is 44.5 Å². The minimum atomic E-state index is -4.08. The molecule has 2 aromatic carbocycles. The van der Waals surface area contributed by atoms with Crippen molar-refractivity contribution in [1.29, 1.82) is 0 Å². The van der Waals surface area contributed by atoms with Gasteiger partial charge in [-0.3, -0.25) is 4.57 Å². The number of alkyl carbamates (subject to hydrolysis) is 1. The number of hydrogen-bond donors (Lipinski definition) is 3. The van der Waals surface area contributed by atoms with E-state index in [-0.39, 0.29) is 62.4 Å². The fraction of sp³-hybridized carbons (Fsp3) is 0.629. The molecule has 0 unspecified atom stereocenters. The summed E-state index contributed by atoms with van der Waals surface area (Å²) in [6, 6.07) is 11.8. The van der Waals surface area contributed by atoms with E-state index < -0.39 is 54.4 Å². The minimum Gasteiger partial charge on any atom is -0.481 e. The number of aliphatic hydroxyl groups is 2. The van der Waals surface area contributed by atoms with Crippen LogP contribution in [0.1, 0.15) is 64.7 Å². The summed E-state index contributed by atoms with van der Waals surface area (Å²) in [6.07, 6.45) is -2.60. The Morgan fingerprint density at radius 2 is 1.67 bits per heavy atom. The summed E-state index contributed by atoms with van der Waals surface area (Å²) in [5, 5.41) is 24.4. The molecule has 0 aliphatic carbocycles. The van der Waals surface area contributed by atoms with Crippen molar-refractivity contribution in [2.75, 3.05) is 45.9 Å². The maximum Gasteiger partial charge on any atom is 0.407 e. The zero-order valence-corrected chi connectivity index (χ0v) is 31.7.